The van der Waals surface area contributed by atoms with Crippen molar-refractivity contribution in [1.82, 2.24) is 5.48 Å². The number of amides is 1. The number of hydrogen-bond donors (Lipinski definition) is 1. The summed E-state index contributed by atoms with van der Waals surface area (Å²) in [6, 6.07) is 9.92. The summed E-state index contributed by atoms with van der Waals surface area (Å²) in [4.78, 5) is 30.3. The monoisotopic (exact) mass is 365 g/mol. The van der Waals surface area contributed by atoms with Gasteiger partial charge >= 0.3 is 5.97 Å². The van der Waals surface area contributed by atoms with Crippen LogP contribution in [0.2, 0.25) is 0 Å². The minimum Gasteiger partial charge on any atom is -0.457 e. The number of esters is 1. The number of nitrogens with one attached hydrogen (secondary N) is 1. The lowest BCUT2D eigenvalue weighted by atomic mass is 9.98. The Kier molecular flexibility index (Phi) is 8.72. The average Bonchev–Trinajstić information content (AvgIpc) is 2.55. The van der Waals surface area contributed by atoms with Gasteiger partial charge < -0.3 is 4.74 Å². The molecule has 0 saturated carbocycles. The summed E-state index contributed by atoms with van der Waals surface area (Å²) in [5.41, 5.74) is 1.96. The van der Waals surface area contributed by atoms with Crippen LogP contribution in [0.4, 0.5) is 0 Å². The summed E-state index contributed by atoms with van der Waals surface area (Å²) in [6.07, 6.45) is 1.30. The second kappa shape index (κ2) is 10.3. The molecule has 0 aliphatic heterocycles. The first-order chi connectivity index (χ1) is 11.7. The number of benzene rings is 1. The van der Waals surface area contributed by atoms with Gasteiger partial charge in [-0.25, -0.2) is 5.48 Å². The second-order valence-electron chi connectivity index (χ2n) is 6.55. The number of rotatable bonds is 9. The van der Waals surface area contributed by atoms with E-state index in [-0.39, 0.29) is 5.91 Å². The molecule has 1 aromatic carbocycles. The first-order valence-electron chi connectivity index (χ1n) is 8.18. The molecule has 0 radical (unpaired) electrons. The highest BCUT2D eigenvalue weighted by molar-refractivity contribution is 7.99. The third-order valence-corrected chi connectivity index (χ3v) is 4.21. The second-order valence-corrected chi connectivity index (χ2v) is 7.72. The first kappa shape index (κ1) is 21.3. The first-order valence-corrected chi connectivity index (χ1v) is 9.17. The van der Waals surface area contributed by atoms with Crippen LogP contribution in [0.3, 0.4) is 0 Å². The highest BCUT2D eigenvalue weighted by atomic mass is 32.2. The van der Waals surface area contributed by atoms with Gasteiger partial charge in [-0.05, 0) is 45.1 Å². The van der Waals surface area contributed by atoms with Crippen molar-refractivity contribution in [2.45, 2.75) is 50.7 Å². The van der Waals surface area contributed by atoms with E-state index < -0.39 is 23.6 Å². The van der Waals surface area contributed by atoms with Crippen LogP contribution in [0.1, 0.15) is 34.1 Å². The van der Waals surface area contributed by atoms with E-state index in [0.29, 0.717) is 12.2 Å². The summed E-state index contributed by atoms with van der Waals surface area (Å²) >= 11 is 1.64. The summed E-state index contributed by atoms with van der Waals surface area (Å²) in [6.45, 7) is 10.5. The summed E-state index contributed by atoms with van der Waals surface area (Å²) in [5.74, 6) is -0.645. The highest BCUT2D eigenvalue weighted by Gasteiger charge is 2.29. The Bertz CT molecular complexity index is 569. The fourth-order valence-corrected chi connectivity index (χ4v) is 2.99. The fourth-order valence-electron chi connectivity index (χ4n) is 2.03. The molecule has 2 atom stereocenters. The third kappa shape index (κ3) is 8.74. The lowest BCUT2D eigenvalue weighted by Crippen LogP contribution is -2.42. The molecule has 0 aromatic heterocycles. The normalized spacial score (nSPS) is 13.6. The SMILES string of the molecule is C=C[C@@H](OC(C)=O)[C@H](CCSc1ccccc1)C(=O)NOC(C)(C)C. The molecule has 1 aromatic rings. The molecule has 138 valence electrons. The highest BCUT2D eigenvalue weighted by Crippen LogP contribution is 2.23. The van der Waals surface area contributed by atoms with Crippen molar-refractivity contribution in [3.05, 3.63) is 43.0 Å². The lowest BCUT2D eigenvalue weighted by Gasteiger charge is -2.26. The van der Waals surface area contributed by atoms with Gasteiger partial charge in [0.25, 0.3) is 5.91 Å². The van der Waals surface area contributed by atoms with Crippen LogP contribution < -0.4 is 5.48 Å². The molecule has 1 amide bonds. The molecule has 0 aliphatic rings. The zero-order valence-electron chi connectivity index (χ0n) is 15.3. The van der Waals surface area contributed by atoms with Crippen molar-refractivity contribution in [1.29, 1.82) is 0 Å². The van der Waals surface area contributed by atoms with Crippen molar-refractivity contribution >= 4 is 23.6 Å². The van der Waals surface area contributed by atoms with Gasteiger partial charge in [0.05, 0.1) is 11.5 Å². The zero-order valence-corrected chi connectivity index (χ0v) is 16.1. The van der Waals surface area contributed by atoms with Gasteiger partial charge in [0.15, 0.2) is 0 Å². The van der Waals surface area contributed by atoms with Crippen LogP contribution in [-0.4, -0.2) is 29.3 Å². The molecule has 1 rings (SSSR count). The molecule has 25 heavy (non-hydrogen) atoms. The Labute approximate surface area is 154 Å². The molecule has 1 N–H and O–H groups in total. The molecular weight excluding hydrogens is 338 g/mol. The number of hydroxylamine groups is 1. The van der Waals surface area contributed by atoms with Crippen LogP contribution >= 0.6 is 11.8 Å². The standard InChI is InChI=1S/C19H27NO4S/c1-6-17(23-14(2)21)16(18(22)20-24-19(3,4)5)12-13-25-15-10-8-7-9-11-15/h6-11,16-17H,1,12-13H2,2-5H3,(H,20,22)/t16-,17+/m0/s1. The summed E-state index contributed by atoms with van der Waals surface area (Å²) < 4.78 is 5.23. The van der Waals surface area contributed by atoms with E-state index in [4.69, 9.17) is 9.57 Å². The number of hydrogen-bond acceptors (Lipinski definition) is 5. The van der Waals surface area contributed by atoms with Crippen molar-refractivity contribution in [2.75, 3.05) is 5.75 Å². The van der Waals surface area contributed by atoms with Gasteiger partial charge in [0, 0.05) is 11.8 Å². The van der Waals surface area contributed by atoms with Crippen LogP contribution in [0.5, 0.6) is 0 Å². The lowest BCUT2D eigenvalue weighted by molar-refractivity contribution is -0.158. The van der Waals surface area contributed by atoms with Gasteiger partial charge in [-0.1, -0.05) is 30.9 Å². The van der Waals surface area contributed by atoms with E-state index in [9.17, 15) is 9.59 Å². The molecular formula is C19H27NO4S. The molecule has 0 spiro atoms. The van der Waals surface area contributed by atoms with Gasteiger partial charge in [-0.2, -0.15) is 0 Å². The Morgan fingerprint density at radius 1 is 1.28 bits per heavy atom. The minimum atomic E-state index is -0.697. The molecule has 5 nitrogen and oxygen atoms in total. The van der Waals surface area contributed by atoms with Crippen molar-refractivity contribution in [3.63, 3.8) is 0 Å². The van der Waals surface area contributed by atoms with Crippen LogP contribution in [0.15, 0.2) is 47.9 Å². The molecule has 0 saturated heterocycles. The van der Waals surface area contributed by atoms with Gasteiger partial charge in [0.2, 0.25) is 0 Å². The predicted octanol–water partition coefficient (Wildman–Crippen LogP) is 3.75. The van der Waals surface area contributed by atoms with E-state index >= 15 is 0 Å². The summed E-state index contributed by atoms with van der Waals surface area (Å²) in [5, 5.41) is 0. The summed E-state index contributed by atoms with van der Waals surface area (Å²) in [7, 11) is 0. The molecule has 0 fully saturated rings. The maximum Gasteiger partial charge on any atom is 0.303 e. The smallest absolute Gasteiger partial charge is 0.303 e. The molecule has 6 heteroatoms. The Morgan fingerprint density at radius 3 is 2.44 bits per heavy atom. The van der Waals surface area contributed by atoms with Crippen molar-refractivity contribution in [3.8, 4) is 0 Å². The van der Waals surface area contributed by atoms with Crippen molar-refractivity contribution < 1.29 is 19.2 Å². The van der Waals surface area contributed by atoms with Gasteiger partial charge in [-0.15, -0.1) is 11.8 Å². The Hall–Kier alpha value is -1.79. The fraction of sp³-hybridized carbons (Fsp3) is 0.474. The molecule has 0 heterocycles. The average molecular weight is 365 g/mol. The maximum atomic E-state index is 12.5. The van der Waals surface area contributed by atoms with E-state index in [1.54, 1.807) is 11.8 Å². The Balaban J connectivity index is 2.73. The number of carbonyl (C=O) groups excluding carboxylic acids is 2. The van der Waals surface area contributed by atoms with Gasteiger partial charge in [-0.3, -0.25) is 14.4 Å². The molecule has 0 bridgehead atoms. The maximum absolute atomic E-state index is 12.5. The largest absolute Gasteiger partial charge is 0.457 e. The topological polar surface area (TPSA) is 64.6 Å². The number of thioether (sulfide) groups is 1. The van der Waals surface area contributed by atoms with E-state index in [1.165, 1.54) is 13.0 Å². The van der Waals surface area contributed by atoms with Crippen LogP contribution in [-0.2, 0) is 19.2 Å². The van der Waals surface area contributed by atoms with E-state index in [0.717, 1.165) is 4.90 Å². The third-order valence-electron chi connectivity index (χ3n) is 3.17. The Morgan fingerprint density at radius 2 is 1.92 bits per heavy atom. The van der Waals surface area contributed by atoms with Crippen LogP contribution in [0.25, 0.3) is 0 Å². The van der Waals surface area contributed by atoms with Gasteiger partial charge in [0.1, 0.15) is 6.10 Å². The zero-order chi connectivity index (χ0) is 18.9. The number of ether oxygens (including phenoxy) is 1. The minimum absolute atomic E-state index is 0.324. The van der Waals surface area contributed by atoms with Crippen molar-refractivity contribution in [2.24, 2.45) is 5.92 Å². The van der Waals surface area contributed by atoms with Crippen LogP contribution in [0, 0.1) is 5.92 Å². The quantitative estimate of drug-likeness (QED) is 0.312. The van der Waals surface area contributed by atoms with E-state index in [1.807, 2.05) is 51.1 Å². The van der Waals surface area contributed by atoms with E-state index in [2.05, 4.69) is 12.1 Å². The predicted molar refractivity (Wildman–Crippen MR) is 100 cm³/mol. The number of carbonyl (C=O) groups is 2. The molecule has 0 aliphatic carbocycles. The molecule has 0 unspecified atom stereocenters.